The van der Waals surface area contributed by atoms with Crippen LogP contribution in [-0.4, -0.2) is 39.5 Å². The predicted molar refractivity (Wildman–Crippen MR) is 96.5 cm³/mol. The summed E-state index contributed by atoms with van der Waals surface area (Å²) in [5, 5.41) is 1.06. The molecule has 2 nitrogen and oxygen atoms in total. The minimum Gasteiger partial charge on any atom is -0.448 e. The summed E-state index contributed by atoms with van der Waals surface area (Å²) < 4.78 is 31.5. The molecule has 6 heteroatoms. The van der Waals surface area contributed by atoms with Gasteiger partial charge in [-0.15, -0.1) is 11.8 Å². The SMILES string of the molecule is CC[C@H]1SC(C)[C@@H](F)[C@@H]1C.CC[C@H]1SC(OC(C)=O)[C@@H](F)[C@@H]1C. The molecule has 0 aromatic heterocycles. The first-order chi connectivity index (χ1) is 10.7. The van der Waals surface area contributed by atoms with Crippen LogP contribution in [0, 0.1) is 11.8 Å². The molecule has 8 atom stereocenters. The van der Waals surface area contributed by atoms with Gasteiger partial charge in [0.1, 0.15) is 6.17 Å². The van der Waals surface area contributed by atoms with Crippen LogP contribution in [0.2, 0.25) is 0 Å². The van der Waals surface area contributed by atoms with Crippen LogP contribution in [0.25, 0.3) is 0 Å². The third-order valence-electron chi connectivity index (χ3n) is 4.67. The summed E-state index contributed by atoms with van der Waals surface area (Å²) in [6, 6.07) is 0. The van der Waals surface area contributed by atoms with Crippen LogP contribution in [0.4, 0.5) is 8.78 Å². The van der Waals surface area contributed by atoms with E-state index in [4.69, 9.17) is 4.74 Å². The van der Waals surface area contributed by atoms with E-state index in [0.29, 0.717) is 5.25 Å². The largest absolute Gasteiger partial charge is 0.448 e. The highest BCUT2D eigenvalue weighted by atomic mass is 32.2. The zero-order chi connectivity index (χ0) is 17.7. The molecule has 2 aliphatic rings. The van der Waals surface area contributed by atoms with Crippen molar-refractivity contribution in [2.24, 2.45) is 11.8 Å². The van der Waals surface area contributed by atoms with Crippen molar-refractivity contribution in [3.05, 3.63) is 0 Å². The van der Waals surface area contributed by atoms with E-state index < -0.39 is 23.7 Å². The lowest BCUT2D eigenvalue weighted by molar-refractivity contribution is -0.144. The molecule has 0 bridgehead atoms. The molecule has 2 saturated heterocycles. The Kier molecular flexibility index (Phi) is 8.70. The molecule has 0 aromatic carbocycles. The maximum absolute atomic E-state index is 13.5. The Morgan fingerprint density at radius 3 is 1.74 bits per heavy atom. The van der Waals surface area contributed by atoms with Gasteiger partial charge in [0.25, 0.3) is 0 Å². The fourth-order valence-electron chi connectivity index (χ4n) is 3.12. The summed E-state index contributed by atoms with van der Waals surface area (Å²) >= 11 is 3.24. The van der Waals surface area contributed by atoms with Crippen molar-refractivity contribution in [3.8, 4) is 0 Å². The number of ether oxygens (including phenoxy) is 1. The minimum atomic E-state index is -1.01. The van der Waals surface area contributed by atoms with Crippen LogP contribution in [0.15, 0.2) is 0 Å². The first-order valence-corrected chi connectivity index (χ1v) is 10.4. The van der Waals surface area contributed by atoms with E-state index in [2.05, 4.69) is 6.92 Å². The van der Waals surface area contributed by atoms with Crippen LogP contribution in [0.1, 0.15) is 54.4 Å². The summed E-state index contributed by atoms with van der Waals surface area (Å²) in [5.41, 5.74) is -0.586. The second-order valence-electron chi connectivity index (χ2n) is 6.46. The Balaban J connectivity index is 0.000000238. The van der Waals surface area contributed by atoms with Gasteiger partial charge in [-0.2, -0.15) is 11.8 Å². The number of rotatable bonds is 3. The molecule has 2 heterocycles. The summed E-state index contributed by atoms with van der Waals surface area (Å²) in [7, 11) is 0. The smallest absolute Gasteiger partial charge is 0.303 e. The number of halogens is 2. The average Bonchev–Trinajstić information content (AvgIpc) is 2.92. The van der Waals surface area contributed by atoms with Crippen molar-refractivity contribution in [2.75, 3.05) is 0 Å². The van der Waals surface area contributed by atoms with E-state index >= 15 is 0 Å². The fourth-order valence-corrected chi connectivity index (χ4v) is 6.19. The second-order valence-corrected chi connectivity index (χ2v) is 9.42. The van der Waals surface area contributed by atoms with Gasteiger partial charge in [0.2, 0.25) is 0 Å². The zero-order valence-corrected chi connectivity index (χ0v) is 16.6. The molecular weight excluding hydrogens is 338 g/mol. The molecule has 0 spiro atoms. The van der Waals surface area contributed by atoms with Crippen molar-refractivity contribution in [1.29, 1.82) is 0 Å². The lowest BCUT2D eigenvalue weighted by atomic mass is 9.99. The van der Waals surface area contributed by atoms with E-state index in [0.717, 1.165) is 12.8 Å². The summed E-state index contributed by atoms with van der Waals surface area (Å²) in [4.78, 5) is 10.6. The lowest BCUT2D eigenvalue weighted by Crippen LogP contribution is -2.24. The lowest BCUT2D eigenvalue weighted by Gasteiger charge is -2.13. The monoisotopic (exact) mass is 368 g/mol. The predicted octanol–water partition coefficient (Wildman–Crippen LogP) is 5.25. The van der Waals surface area contributed by atoms with Crippen molar-refractivity contribution < 1.29 is 18.3 Å². The highest BCUT2D eigenvalue weighted by molar-refractivity contribution is 8.01. The highest BCUT2D eigenvalue weighted by Crippen LogP contribution is 2.42. The number of alkyl halides is 2. The number of hydrogen-bond donors (Lipinski definition) is 0. The van der Waals surface area contributed by atoms with Gasteiger partial charge in [-0.3, -0.25) is 4.79 Å². The standard InChI is InChI=1S/C9H15FO2S.C8H15FS/c1-4-7-5(2)8(10)9(13-7)12-6(3)11;1-4-7-5(2)8(9)6(3)10-7/h5,7-9H,4H2,1-3H3;5-8H,4H2,1-3H3/t5-,7-,8+,9?;5-,6?,7-,8+/m11/s1. The van der Waals surface area contributed by atoms with Crippen LogP contribution in [0.3, 0.4) is 0 Å². The van der Waals surface area contributed by atoms with Crippen molar-refractivity contribution in [3.63, 3.8) is 0 Å². The van der Waals surface area contributed by atoms with Crippen LogP contribution >= 0.6 is 23.5 Å². The topological polar surface area (TPSA) is 26.3 Å². The molecule has 0 N–H and O–H groups in total. The summed E-state index contributed by atoms with van der Waals surface area (Å²) in [5.74, 6) is -0.145. The van der Waals surface area contributed by atoms with E-state index in [9.17, 15) is 13.6 Å². The molecule has 0 aromatic rings. The molecule has 2 aliphatic heterocycles. The molecule has 136 valence electrons. The third kappa shape index (κ3) is 5.52. The molecule has 0 aliphatic carbocycles. The van der Waals surface area contributed by atoms with Gasteiger partial charge in [-0.1, -0.05) is 34.6 Å². The van der Waals surface area contributed by atoms with Gasteiger partial charge < -0.3 is 4.74 Å². The van der Waals surface area contributed by atoms with Crippen LogP contribution in [0.5, 0.6) is 0 Å². The molecular formula is C17H30F2O2S2. The molecule has 0 amide bonds. The summed E-state index contributed by atoms with van der Waals surface area (Å²) in [6.07, 6.45) is 0.439. The normalized spacial score (nSPS) is 43.0. The summed E-state index contributed by atoms with van der Waals surface area (Å²) in [6.45, 7) is 11.4. The number of carbonyl (C=O) groups is 1. The molecule has 2 fully saturated rings. The number of carbonyl (C=O) groups excluding carboxylic acids is 1. The minimum absolute atomic E-state index is 0.0145. The molecule has 0 saturated carbocycles. The number of esters is 1. The highest BCUT2D eigenvalue weighted by Gasteiger charge is 2.42. The Morgan fingerprint density at radius 1 is 0.957 bits per heavy atom. The number of thioether (sulfide) groups is 2. The van der Waals surface area contributed by atoms with Gasteiger partial charge in [-0.25, -0.2) is 8.78 Å². The molecule has 0 radical (unpaired) electrons. The Labute approximate surface area is 147 Å². The van der Waals surface area contributed by atoms with Crippen molar-refractivity contribution in [1.82, 2.24) is 0 Å². The second kappa shape index (κ2) is 9.50. The maximum Gasteiger partial charge on any atom is 0.303 e. The first kappa shape index (κ1) is 21.1. The Morgan fingerprint density at radius 2 is 1.43 bits per heavy atom. The van der Waals surface area contributed by atoms with Crippen molar-refractivity contribution in [2.45, 2.75) is 87.9 Å². The van der Waals surface area contributed by atoms with E-state index in [1.165, 1.54) is 18.7 Å². The van der Waals surface area contributed by atoms with Crippen molar-refractivity contribution >= 4 is 29.5 Å². The quantitative estimate of drug-likeness (QED) is 0.636. The fraction of sp³-hybridized carbons (Fsp3) is 0.941. The Bertz CT molecular complexity index is 384. The van der Waals surface area contributed by atoms with Gasteiger partial charge in [0.05, 0.1) is 0 Å². The Hall–Kier alpha value is 0.0300. The molecule has 2 rings (SSSR count). The average molecular weight is 369 g/mol. The zero-order valence-electron chi connectivity index (χ0n) is 14.9. The van der Waals surface area contributed by atoms with Gasteiger partial charge >= 0.3 is 5.97 Å². The molecule has 2 unspecified atom stereocenters. The van der Waals surface area contributed by atoms with E-state index in [1.54, 1.807) is 11.8 Å². The van der Waals surface area contributed by atoms with E-state index in [-0.39, 0.29) is 22.3 Å². The van der Waals surface area contributed by atoms with E-state index in [1.807, 2.05) is 27.7 Å². The van der Waals surface area contributed by atoms with Gasteiger partial charge in [0, 0.05) is 34.5 Å². The first-order valence-electron chi connectivity index (χ1n) is 8.49. The van der Waals surface area contributed by atoms with Gasteiger partial charge in [-0.05, 0) is 12.8 Å². The van der Waals surface area contributed by atoms with Gasteiger partial charge in [0.15, 0.2) is 11.6 Å². The van der Waals surface area contributed by atoms with Crippen LogP contribution in [-0.2, 0) is 9.53 Å². The number of hydrogen-bond acceptors (Lipinski definition) is 4. The maximum atomic E-state index is 13.5. The van der Waals surface area contributed by atoms with Crippen LogP contribution < -0.4 is 0 Å². The third-order valence-corrected chi connectivity index (χ3v) is 8.21. The molecule has 23 heavy (non-hydrogen) atoms.